The first-order valence-electron chi connectivity index (χ1n) is 20.3. The number of hydrogen-bond donors (Lipinski definition) is 0. The van der Waals surface area contributed by atoms with Crippen LogP contribution in [0.3, 0.4) is 0 Å². The Balaban J connectivity index is 1.03. The van der Waals surface area contributed by atoms with Gasteiger partial charge in [0, 0.05) is 49.8 Å². The molecule has 11 aromatic rings. The summed E-state index contributed by atoms with van der Waals surface area (Å²) < 4.78 is 13.4. The lowest BCUT2D eigenvalue weighted by atomic mass is 9.91. The van der Waals surface area contributed by atoms with Crippen LogP contribution in [0.1, 0.15) is 0 Å². The molecule has 2 aromatic heterocycles. The number of furan rings is 1. The van der Waals surface area contributed by atoms with Crippen molar-refractivity contribution in [3.05, 3.63) is 206 Å². The molecule has 0 amide bonds. The quantitative estimate of drug-likeness (QED) is 0.160. The molecule has 61 heavy (non-hydrogen) atoms. The third-order valence-electron chi connectivity index (χ3n) is 11.5. The van der Waals surface area contributed by atoms with Crippen molar-refractivity contribution >= 4 is 49.8 Å². The number of nitrogens with zero attached hydrogens (tertiary/aromatic N) is 4. The van der Waals surface area contributed by atoms with Crippen LogP contribution in [0.15, 0.2) is 211 Å². The van der Waals surface area contributed by atoms with Gasteiger partial charge in [0.15, 0.2) is 23.2 Å². The maximum atomic E-state index is 7.10. The van der Waals surface area contributed by atoms with Gasteiger partial charge in [-0.15, -0.1) is 0 Å². The predicted molar refractivity (Wildman–Crippen MR) is 247 cm³/mol. The lowest BCUT2D eigenvalue weighted by Gasteiger charge is -2.31. The van der Waals surface area contributed by atoms with E-state index in [0.29, 0.717) is 17.5 Å². The first kappa shape index (κ1) is 34.7. The van der Waals surface area contributed by atoms with Crippen molar-refractivity contribution in [2.24, 2.45) is 0 Å². The molecule has 0 radical (unpaired) electrons. The molecule has 0 atom stereocenters. The molecule has 3 heterocycles. The summed E-state index contributed by atoms with van der Waals surface area (Å²) in [6.45, 7) is 0. The van der Waals surface area contributed by atoms with Crippen molar-refractivity contribution in [2.45, 2.75) is 0 Å². The van der Waals surface area contributed by atoms with E-state index >= 15 is 0 Å². The van der Waals surface area contributed by atoms with Crippen molar-refractivity contribution in [1.82, 2.24) is 15.0 Å². The van der Waals surface area contributed by atoms with Crippen LogP contribution >= 0.6 is 0 Å². The minimum absolute atomic E-state index is 0.600. The van der Waals surface area contributed by atoms with Crippen molar-refractivity contribution in [2.75, 3.05) is 4.90 Å². The summed E-state index contributed by atoms with van der Waals surface area (Å²) in [5, 5.41) is 4.14. The lowest BCUT2D eigenvalue weighted by molar-refractivity contribution is 0.488. The van der Waals surface area contributed by atoms with Crippen molar-refractivity contribution in [3.63, 3.8) is 0 Å². The highest BCUT2D eigenvalue weighted by Gasteiger charge is 2.28. The summed E-state index contributed by atoms with van der Waals surface area (Å²) in [6, 6.07) is 70.9. The average molecular weight is 783 g/mol. The van der Waals surface area contributed by atoms with Gasteiger partial charge in [-0.25, -0.2) is 15.0 Å². The second-order valence-electron chi connectivity index (χ2n) is 15.2. The van der Waals surface area contributed by atoms with Gasteiger partial charge >= 0.3 is 0 Å². The number of hydrogen-bond acceptors (Lipinski definition) is 6. The summed E-state index contributed by atoms with van der Waals surface area (Å²) in [5.74, 6) is 3.38. The lowest BCUT2D eigenvalue weighted by Crippen LogP contribution is -2.12. The Bertz CT molecular complexity index is 3380. The third kappa shape index (κ3) is 5.92. The van der Waals surface area contributed by atoms with E-state index in [1.54, 1.807) is 0 Å². The average Bonchev–Trinajstić information content (AvgIpc) is 3.71. The molecule has 0 N–H and O–H groups in total. The third-order valence-corrected chi connectivity index (χ3v) is 11.5. The number of benzene rings is 9. The second kappa shape index (κ2) is 14.2. The molecule has 1 aliphatic heterocycles. The number of anilines is 3. The molecule has 6 heteroatoms. The van der Waals surface area contributed by atoms with Crippen LogP contribution in [0.2, 0.25) is 0 Å². The van der Waals surface area contributed by atoms with Crippen LogP contribution in [-0.2, 0) is 0 Å². The van der Waals surface area contributed by atoms with Crippen LogP contribution in [0.5, 0.6) is 11.5 Å². The summed E-state index contributed by atoms with van der Waals surface area (Å²) in [4.78, 5) is 17.4. The zero-order chi connectivity index (χ0) is 40.3. The van der Waals surface area contributed by atoms with Gasteiger partial charge < -0.3 is 14.1 Å². The van der Waals surface area contributed by atoms with E-state index in [1.165, 1.54) is 5.56 Å². The largest absolute Gasteiger partial charge is 0.456 e. The molecule has 0 aliphatic carbocycles. The summed E-state index contributed by atoms with van der Waals surface area (Å²) in [7, 11) is 0. The fraction of sp³-hybridized carbons (Fsp3) is 0. The Morgan fingerprint density at radius 1 is 0.361 bits per heavy atom. The fourth-order valence-electron chi connectivity index (χ4n) is 8.65. The monoisotopic (exact) mass is 782 g/mol. The highest BCUT2D eigenvalue weighted by atomic mass is 16.5. The molecule has 12 rings (SSSR count). The molecule has 0 bridgehead atoms. The summed E-state index contributed by atoms with van der Waals surface area (Å²) in [6.07, 6.45) is 0. The molecular formula is C55H34N4O2. The highest BCUT2D eigenvalue weighted by Crippen LogP contribution is 2.54. The van der Waals surface area contributed by atoms with Gasteiger partial charge in [-0.1, -0.05) is 152 Å². The van der Waals surface area contributed by atoms with Gasteiger partial charge in [0.1, 0.15) is 16.9 Å². The molecule has 286 valence electrons. The Morgan fingerprint density at radius 2 is 0.934 bits per heavy atom. The molecular weight excluding hydrogens is 749 g/mol. The minimum Gasteiger partial charge on any atom is -0.456 e. The Hall–Kier alpha value is -8.35. The number of rotatable bonds is 7. The van der Waals surface area contributed by atoms with E-state index in [9.17, 15) is 0 Å². The van der Waals surface area contributed by atoms with Gasteiger partial charge in [-0.05, 0) is 76.7 Å². The molecule has 0 saturated heterocycles. The number of ether oxygens (including phenoxy) is 1. The molecule has 0 fully saturated rings. The van der Waals surface area contributed by atoms with Crippen molar-refractivity contribution < 1.29 is 9.15 Å². The maximum Gasteiger partial charge on any atom is 0.164 e. The topological polar surface area (TPSA) is 64.3 Å². The zero-order valence-corrected chi connectivity index (χ0v) is 32.7. The molecule has 9 aromatic carbocycles. The summed E-state index contributed by atoms with van der Waals surface area (Å²) in [5.41, 5.74) is 11.8. The zero-order valence-electron chi connectivity index (χ0n) is 32.7. The fourth-order valence-corrected chi connectivity index (χ4v) is 8.65. The van der Waals surface area contributed by atoms with Crippen molar-refractivity contribution in [1.29, 1.82) is 0 Å². The van der Waals surface area contributed by atoms with E-state index in [-0.39, 0.29) is 0 Å². The van der Waals surface area contributed by atoms with Crippen molar-refractivity contribution in [3.8, 4) is 67.9 Å². The van der Waals surface area contributed by atoms with Gasteiger partial charge in [0.05, 0.1) is 5.69 Å². The Kier molecular flexibility index (Phi) is 8.06. The van der Waals surface area contributed by atoms with E-state index in [0.717, 1.165) is 94.7 Å². The van der Waals surface area contributed by atoms with Crippen LogP contribution in [0, 0.1) is 0 Å². The minimum atomic E-state index is 0.600. The number of aromatic nitrogens is 3. The normalized spacial score (nSPS) is 11.7. The Labute approximate surface area is 351 Å². The summed E-state index contributed by atoms with van der Waals surface area (Å²) >= 11 is 0. The SMILES string of the molecule is c1ccc(-c2ccc(N(c3ccc4oc5ccccc5c4c3)c3cccc4c3Oc3ccc(-c5nc(-c6ccccc6)nc(-c6ccccc6)n5)c5cccc-4c35)cc2)cc1. The van der Waals surface area contributed by atoms with Crippen LogP contribution in [0.4, 0.5) is 17.1 Å². The molecule has 0 spiro atoms. The Morgan fingerprint density at radius 3 is 1.67 bits per heavy atom. The maximum absolute atomic E-state index is 7.10. The standard InChI is InChI=1S/C55H34N4O2/c1-4-14-35(15-5-1)36-26-28-39(29-27-36)59(40-30-32-49-46(34-40)41-20-10-11-25-48(41)60-49)47-24-13-23-44-42-21-12-22-43-45(31-33-50(51(42)43)61-52(44)47)55-57-53(37-16-6-2-7-17-37)56-54(58-55)38-18-8-3-9-19-38/h1-34H. The molecule has 0 unspecified atom stereocenters. The van der Waals surface area contributed by atoms with E-state index in [2.05, 4.69) is 132 Å². The van der Waals surface area contributed by atoms with Gasteiger partial charge in [-0.3, -0.25) is 0 Å². The first-order valence-corrected chi connectivity index (χ1v) is 20.3. The van der Waals surface area contributed by atoms with Crippen LogP contribution < -0.4 is 9.64 Å². The molecule has 0 saturated carbocycles. The number of fused-ring (bicyclic) bond motifs is 5. The van der Waals surface area contributed by atoms with Crippen LogP contribution in [0.25, 0.3) is 89.1 Å². The first-order chi connectivity index (χ1) is 30.2. The highest BCUT2D eigenvalue weighted by molar-refractivity contribution is 6.11. The van der Waals surface area contributed by atoms with Gasteiger partial charge in [-0.2, -0.15) is 0 Å². The molecule has 1 aliphatic rings. The van der Waals surface area contributed by atoms with E-state index in [1.807, 2.05) is 78.9 Å². The van der Waals surface area contributed by atoms with Crippen LogP contribution in [-0.4, -0.2) is 15.0 Å². The second-order valence-corrected chi connectivity index (χ2v) is 15.2. The van der Waals surface area contributed by atoms with E-state index in [4.69, 9.17) is 24.1 Å². The van der Waals surface area contributed by atoms with E-state index < -0.39 is 0 Å². The smallest absolute Gasteiger partial charge is 0.164 e. The molecule has 6 nitrogen and oxygen atoms in total. The van der Waals surface area contributed by atoms with Gasteiger partial charge in [0.2, 0.25) is 0 Å². The number of para-hydroxylation sites is 2. The van der Waals surface area contributed by atoms with Gasteiger partial charge in [0.25, 0.3) is 0 Å². The predicted octanol–water partition coefficient (Wildman–Crippen LogP) is 14.8.